The Morgan fingerprint density at radius 3 is 1.21 bits per heavy atom. The molecule has 16 nitrogen and oxygen atoms in total. The van der Waals surface area contributed by atoms with Crippen LogP contribution in [0, 0.1) is 20.2 Å². The number of rotatable bonds is 32. The third-order valence-corrected chi connectivity index (χ3v) is 5.30. The highest BCUT2D eigenvalue weighted by atomic mass is 35.5. The van der Waals surface area contributed by atoms with Crippen LogP contribution in [0.5, 0.6) is 0 Å². The van der Waals surface area contributed by atoms with Crippen molar-refractivity contribution in [2.24, 2.45) is 0 Å². The van der Waals surface area contributed by atoms with E-state index in [9.17, 15) is 20.2 Å². The Bertz CT molecular complexity index is 841. The second-order valence-corrected chi connectivity index (χ2v) is 8.72. The molecule has 248 valence electrons. The van der Waals surface area contributed by atoms with Crippen molar-refractivity contribution in [2.45, 2.75) is 0 Å². The molecule has 1 rings (SSSR count). The van der Waals surface area contributed by atoms with Gasteiger partial charge in [0, 0.05) is 18.5 Å². The van der Waals surface area contributed by atoms with Gasteiger partial charge in [-0.05, 0) is 6.07 Å². The summed E-state index contributed by atoms with van der Waals surface area (Å²) >= 11 is 5.50. The van der Waals surface area contributed by atoms with E-state index in [1.54, 1.807) is 0 Å². The maximum Gasteiger partial charge on any atom is 0.299 e. The van der Waals surface area contributed by atoms with E-state index in [2.05, 4.69) is 5.32 Å². The van der Waals surface area contributed by atoms with E-state index in [1.165, 1.54) is 12.1 Å². The van der Waals surface area contributed by atoms with Gasteiger partial charge in [0.15, 0.2) is 0 Å². The second-order valence-electron chi connectivity index (χ2n) is 8.34. The second kappa shape index (κ2) is 28.5. The fourth-order valence-corrected chi connectivity index (χ4v) is 3.22. The first kappa shape index (κ1) is 38.8. The van der Waals surface area contributed by atoms with Gasteiger partial charge in [0.05, 0.1) is 135 Å². The summed E-state index contributed by atoms with van der Waals surface area (Å²) in [6.07, 6.45) is 0. The van der Waals surface area contributed by atoms with Gasteiger partial charge in [0.1, 0.15) is 5.69 Å². The molecule has 1 aromatic rings. The molecule has 0 atom stereocenters. The molecule has 0 aliphatic carbocycles. The number of alkyl halides is 1. The molecule has 0 spiro atoms. The summed E-state index contributed by atoms with van der Waals surface area (Å²) < 4.78 is 48.5. The number of nitro benzene ring substituents is 2. The van der Waals surface area contributed by atoms with E-state index in [-0.39, 0.29) is 23.7 Å². The molecule has 0 bridgehead atoms. The van der Waals surface area contributed by atoms with Gasteiger partial charge >= 0.3 is 0 Å². The zero-order valence-corrected chi connectivity index (χ0v) is 25.2. The number of nitrogens with zero attached hydrogens (tertiary/aromatic N) is 2. The Labute approximate surface area is 256 Å². The maximum atomic E-state index is 11.1. The molecule has 43 heavy (non-hydrogen) atoms. The summed E-state index contributed by atoms with van der Waals surface area (Å²) in [4.78, 5) is 20.5. The summed E-state index contributed by atoms with van der Waals surface area (Å²) in [5.74, 6) is 0.483. The van der Waals surface area contributed by atoms with Gasteiger partial charge in [-0.15, -0.1) is 11.6 Å². The van der Waals surface area contributed by atoms with Crippen molar-refractivity contribution in [3.05, 3.63) is 38.4 Å². The molecule has 0 aliphatic rings. The van der Waals surface area contributed by atoms with Gasteiger partial charge in [-0.25, -0.2) is 0 Å². The molecule has 0 aromatic heterocycles. The first-order valence-electron chi connectivity index (χ1n) is 14.0. The Morgan fingerprint density at radius 1 is 0.535 bits per heavy atom. The summed E-state index contributed by atoms with van der Waals surface area (Å²) in [5, 5.41) is 24.7. The Morgan fingerprint density at radius 2 is 0.884 bits per heavy atom. The van der Waals surface area contributed by atoms with Crippen LogP contribution in [0.3, 0.4) is 0 Å². The third-order valence-electron chi connectivity index (χ3n) is 5.15. The number of hydrogen-bond donors (Lipinski definition) is 1. The minimum atomic E-state index is -0.682. The summed E-state index contributed by atoms with van der Waals surface area (Å²) in [5.41, 5.74) is -0.523. The van der Waals surface area contributed by atoms with Crippen LogP contribution in [0.4, 0.5) is 17.1 Å². The number of halogens is 1. The van der Waals surface area contributed by atoms with Crippen molar-refractivity contribution in [3.63, 3.8) is 0 Å². The average molecular weight is 642 g/mol. The van der Waals surface area contributed by atoms with Crippen LogP contribution >= 0.6 is 11.6 Å². The van der Waals surface area contributed by atoms with Crippen LogP contribution in [0.15, 0.2) is 18.2 Å². The van der Waals surface area contributed by atoms with Gasteiger partial charge in [0.2, 0.25) is 0 Å². The Balaban J connectivity index is 1.77. The van der Waals surface area contributed by atoms with Gasteiger partial charge in [-0.1, -0.05) is 0 Å². The van der Waals surface area contributed by atoms with E-state index in [4.69, 9.17) is 54.2 Å². The average Bonchev–Trinajstić information content (AvgIpc) is 3.00. The zero-order valence-electron chi connectivity index (χ0n) is 24.5. The number of benzene rings is 1. The summed E-state index contributed by atoms with van der Waals surface area (Å²) in [6, 6.07) is 3.43. The number of hydrogen-bond acceptors (Lipinski definition) is 14. The molecule has 0 radical (unpaired) electrons. The number of nitro groups is 2. The molecule has 0 unspecified atom stereocenters. The highest BCUT2D eigenvalue weighted by Gasteiger charge is 2.19. The quantitative estimate of drug-likeness (QED) is 0.0523. The van der Waals surface area contributed by atoms with Crippen molar-refractivity contribution in [1.82, 2.24) is 0 Å². The van der Waals surface area contributed by atoms with E-state index in [1.807, 2.05) is 0 Å². The summed E-state index contributed by atoms with van der Waals surface area (Å²) in [7, 11) is 0. The smallest absolute Gasteiger partial charge is 0.299 e. The van der Waals surface area contributed by atoms with E-state index < -0.39 is 9.85 Å². The lowest BCUT2D eigenvalue weighted by atomic mass is 10.2. The number of anilines is 1. The Kier molecular flexibility index (Phi) is 25.7. The van der Waals surface area contributed by atoms with E-state index >= 15 is 0 Å². The fraction of sp³-hybridized carbons (Fsp3) is 0.769. The maximum absolute atomic E-state index is 11.1. The van der Waals surface area contributed by atoms with Gasteiger partial charge in [-0.3, -0.25) is 20.2 Å². The van der Waals surface area contributed by atoms with Crippen LogP contribution in [0.1, 0.15) is 0 Å². The first-order valence-corrected chi connectivity index (χ1v) is 14.5. The summed E-state index contributed by atoms with van der Waals surface area (Å²) in [6.45, 7) is 8.47. The predicted octanol–water partition coefficient (Wildman–Crippen LogP) is 2.30. The van der Waals surface area contributed by atoms with E-state index in [0.717, 1.165) is 6.07 Å². The molecule has 0 fully saturated rings. The molecule has 1 N–H and O–H groups in total. The molecule has 0 aliphatic heterocycles. The largest absolute Gasteiger partial charge is 0.378 e. The minimum absolute atomic E-state index is 0.187. The number of ether oxygens (including phenoxy) is 9. The van der Waals surface area contributed by atoms with Crippen LogP contribution < -0.4 is 5.32 Å². The van der Waals surface area contributed by atoms with Crippen LogP contribution in [0.25, 0.3) is 0 Å². The standard InChI is InChI=1S/C26H44ClN3O13/c27-3-5-35-7-9-37-11-13-39-15-17-41-19-21-43-22-20-42-18-16-40-14-12-38-10-8-36-6-4-28-25-2-1-24(29(31)32)23-26(25)30(33)34/h1-2,23,28H,3-22H2. The molecule has 0 amide bonds. The van der Waals surface area contributed by atoms with Gasteiger partial charge in [0.25, 0.3) is 11.4 Å². The Hall–Kier alpha value is -2.25. The highest BCUT2D eigenvalue weighted by Crippen LogP contribution is 2.28. The fourth-order valence-electron chi connectivity index (χ4n) is 3.11. The molecule has 0 heterocycles. The normalized spacial score (nSPS) is 11.2. The van der Waals surface area contributed by atoms with Crippen molar-refractivity contribution in [2.75, 3.05) is 137 Å². The lowest BCUT2D eigenvalue weighted by Crippen LogP contribution is -2.15. The third kappa shape index (κ3) is 22.9. The molecule has 0 saturated heterocycles. The first-order chi connectivity index (χ1) is 21.1. The molecular weight excluding hydrogens is 598 g/mol. The SMILES string of the molecule is O=[N+]([O-])c1ccc(NCCOCCOCCOCCOCCOCCOCCOCCOCCOCCCl)c([N+](=O)[O-])c1. The molecule has 17 heteroatoms. The molecule has 0 saturated carbocycles. The predicted molar refractivity (Wildman–Crippen MR) is 156 cm³/mol. The van der Waals surface area contributed by atoms with Crippen LogP contribution in [-0.4, -0.2) is 141 Å². The minimum Gasteiger partial charge on any atom is -0.378 e. The van der Waals surface area contributed by atoms with E-state index in [0.29, 0.717) is 125 Å². The molecule has 1 aromatic carbocycles. The van der Waals surface area contributed by atoms with Gasteiger partial charge in [-0.2, -0.15) is 0 Å². The zero-order chi connectivity index (χ0) is 31.2. The van der Waals surface area contributed by atoms with Crippen LogP contribution in [-0.2, 0) is 42.6 Å². The number of non-ortho nitro benzene ring substituents is 1. The van der Waals surface area contributed by atoms with Crippen molar-refractivity contribution >= 4 is 28.7 Å². The van der Waals surface area contributed by atoms with Crippen molar-refractivity contribution in [3.8, 4) is 0 Å². The monoisotopic (exact) mass is 641 g/mol. The van der Waals surface area contributed by atoms with Gasteiger partial charge < -0.3 is 47.9 Å². The highest BCUT2D eigenvalue weighted by molar-refractivity contribution is 6.17. The lowest BCUT2D eigenvalue weighted by molar-refractivity contribution is -0.393. The molecular formula is C26H44ClN3O13. The topological polar surface area (TPSA) is 181 Å². The van der Waals surface area contributed by atoms with Crippen molar-refractivity contribution in [1.29, 1.82) is 0 Å². The van der Waals surface area contributed by atoms with Crippen molar-refractivity contribution < 1.29 is 52.5 Å². The number of nitrogens with one attached hydrogen (secondary N) is 1. The van der Waals surface area contributed by atoms with Crippen LogP contribution in [0.2, 0.25) is 0 Å². The lowest BCUT2D eigenvalue weighted by Gasteiger charge is -2.09.